The van der Waals surface area contributed by atoms with Crippen molar-refractivity contribution in [2.24, 2.45) is 0 Å². The van der Waals surface area contributed by atoms with Gasteiger partial charge in [0.2, 0.25) is 0 Å². The second-order valence-corrected chi connectivity index (χ2v) is 6.38. The molecule has 0 bridgehead atoms. The topological polar surface area (TPSA) is 89.5 Å². The number of aromatic nitrogens is 4. The van der Waals surface area contributed by atoms with Gasteiger partial charge >= 0.3 is 5.97 Å². The first-order chi connectivity index (χ1) is 13.0. The minimum atomic E-state index is -1.07. The number of aliphatic carboxylic acids is 1. The molecular weight excluding hydrogens is 344 g/mol. The number of pyridine rings is 1. The molecule has 0 spiro atoms. The van der Waals surface area contributed by atoms with Gasteiger partial charge in [0.15, 0.2) is 5.65 Å². The number of rotatable bonds is 4. The third-order valence-corrected chi connectivity index (χ3v) is 4.78. The predicted octanol–water partition coefficient (Wildman–Crippen LogP) is 2.92. The highest BCUT2D eigenvalue weighted by Gasteiger charge is 2.20. The Hall–Kier alpha value is -3.48. The molecule has 0 fully saturated rings. The van der Waals surface area contributed by atoms with Crippen molar-refractivity contribution in [3.63, 3.8) is 0 Å². The van der Waals surface area contributed by atoms with Crippen LogP contribution in [0.1, 0.15) is 25.6 Å². The smallest absolute Gasteiger partial charge is 0.326 e. The number of carboxylic acid groups (broad SMARTS) is 1. The molecule has 1 atom stereocenters. The fraction of sp³-hybridized carbons (Fsp3) is 0.200. The van der Waals surface area contributed by atoms with Crippen molar-refractivity contribution >= 4 is 22.5 Å². The second kappa shape index (κ2) is 6.35. The molecule has 7 heteroatoms. The molecule has 0 unspecified atom stereocenters. The summed E-state index contributed by atoms with van der Waals surface area (Å²) < 4.78 is 2.87. The maximum absolute atomic E-state index is 12.8. The van der Waals surface area contributed by atoms with Gasteiger partial charge in [-0.2, -0.15) is 5.10 Å². The van der Waals surface area contributed by atoms with Crippen molar-refractivity contribution in [3.05, 3.63) is 64.8 Å². The Morgan fingerprint density at radius 1 is 1.22 bits per heavy atom. The van der Waals surface area contributed by atoms with Crippen molar-refractivity contribution in [2.45, 2.75) is 26.3 Å². The molecule has 0 aliphatic heterocycles. The number of hydrogen-bond donors (Lipinski definition) is 1. The predicted molar refractivity (Wildman–Crippen MR) is 102 cm³/mol. The fourth-order valence-corrected chi connectivity index (χ4v) is 3.30. The summed E-state index contributed by atoms with van der Waals surface area (Å²) >= 11 is 0. The zero-order valence-corrected chi connectivity index (χ0v) is 15.0. The molecule has 4 aromatic rings. The molecule has 3 aromatic heterocycles. The Bertz CT molecular complexity index is 1220. The summed E-state index contributed by atoms with van der Waals surface area (Å²) in [4.78, 5) is 28.5. The van der Waals surface area contributed by atoms with Crippen LogP contribution in [0.2, 0.25) is 0 Å². The van der Waals surface area contributed by atoms with Gasteiger partial charge in [-0.25, -0.2) is 14.3 Å². The SMILES string of the molecule is CCc1nn2c(ncc3c(=O)n([C@@H](C)C(=O)O)ccc32)c1-c1ccccc1. The van der Waals surface area contributed by atoms with Crippen LogP contribution in [-0.4, -0.2) is 30.2 Å². The molecule has 1 aromatic carbocycles. The third kappa shape index (κ3) is 2.59. The molecule has 4 rings (SSSR count). The maximum atomic E-state index is 12.8. The van der Waals surface area contributed by atoms with Crippen molar-refractivity contribution in [3.8, 4) is 11.1 Å². The zero-order valence-electron chi connectivity index (χ0n) is 15.0. The lowest BCUT2D eigenvalue weighted by Crippen LogP contribution is -2.28. The van der Waals surface area contributed by atoms with Gasteiger partial charge in [0.05, 0.1) is 16.6 Å². The summed E-state index contributed by atoms with van der Waals surface area (Å²) in [5.74, 6) is -1.07. The van der Waals surface area contributed by atoms with E-state index in [0.717, 1.165) is 23.2 Å². The number of aryl methyl sites for hydroxylation is 1. The monoisotopic (exact) mass is 362 g/mol. The number of nitrogens with zero attached hydrogens (tertiary/aromatic N) is 4. The summed E-state index contributed by atoms with van der Waals surface area (Å²) in [6.07, 6.45) is 3.73. The van der Waals surface area contributed by atoms with Gasteiger partial charge in [0, 0.05) is 18.0 Å². The van der Waals surface area contributed by atoms with Gasteiger partial charge in [0.25, 0.3) is 5.56 Å². The van der Waals surface area contributed by atoms with Crippen LogP contribution in [0, 0.1) is 0 Å². The van der Waals surface area contributed by atoms with Crippen LogP contribution in [0.15, 0.2) is 53.6 Å². The van der Waals surface area contributed by atoms with E-state index in [1.807, 2.05) is 37.3 Å². The van der Waals surface area contributed by atoms with Crippen molar-refractivity contribution in [1.82, 2.24) is 19.2 Å². The van der Waals surface area contributed by atoms with Crippen LogP contribution in [0.25, 0.3) is 27.7 Å². The van der Waals surface area contributed by atoms with Gasteiger partial charge in [-0.05, 0) is 25.0 Å². The van der Waals surface area contributed by atoms with E-state index < -0.39 is 17.6 Å². The van der Waals surface area contributed by atoms with E-state index in [4.69, 9.17) is 0 Å². The summed E-state index contributed by atoms with van der Waals surface area (Å²) in [5, 5.41) is 14.2. The highest BCUT2D eigenvalue weighted by molar-refractivity contribution is 5.86. The molecule has 0 saturated carbocycles. The third-order valence-electron chi connectivity index (χ3n) is 4.78. The molecule has 1 N–H and O–H groups in total. The number of fused-ring (bicyclic) bond motifs is 3. The van der Waals surface area contributed by atoms with Gasteiger partial charge < -0.3 is 9.67 Å². The van der Waals surface area contributed by atoms with Crippen LogP contribution in [0.5, 0.6) is 0 Å². The fourth-order valence-electron chi connectivity index (χ4n) is 3.30. The first kappa shape index (κ1) is 17.0. The van der Waals surface area contributed by atoms with Gasteiger partial charge in [-0.15, -0.1) is 0 Å². The van der Waals surface area contributed by atoms with Crippen LogP contribution < -0.4 is 5.56 Å². The molecule has 27 heavy (non-hydrogen) atoms. The van der Waals surface area contributed by atoms with E-state index in [1.54, 1.807) is 10.6 Å². The average molecular weight is 362 g/mol. The maximum Gasteiger partial charge on any atom is 0.326 e. The molecule has 136 valence electrons. The Kier molecular flexibility index (Phi) is 3.99. The second-order valence-electron chi connectivity index (χ2n) is 6.38. The minimum Gasteiger partial charge on any atom is -0.480 e. The molecular formula is C20H18N4O3. The van der Waals surface area contributed by atoms with E-state index in [-0.39, 0.29) is 0 Å². The number of hydrogen-bond acceptors (Lipinski definition) is 4. The van der Waals surface area contributed by atoms with E-state index in [0.29, 0.717) is 16.6 Å². The van der Waals surface area contributed by atoms with Gasteiger partial charge in [-0.1, -0.05) is 37.3 Å². The van der Waals surface area contributed by atoms with E-state index >= 15 is 0 Å². The van der Waals surface area contributed by atoms with Crippen molar-refractivity contribution in [1.29, 1.82) is 0 Å². The van der Waals surface area contributed by atoms with Crippen LogP contribution >= 0.6 is 0 Å². The highest BCUT2D eigenvalue weighted by atomic mass is 16.4. The van der Waals surface area contributed by atoms with Crippen molar-refractivity contribution in [2.75, 3.05) is 0 Å². The van der Waals surface area contributed by atoms with Crippen LogP contribution in [-0.2, 0) is 11.2 Å². The lowest BCUT2D eigenvalue weighted by atomic mass is 10.0. The number of carboxylic acids is 1. The highest BCUT2D eigenvalue weighted by Crippen LogP contribution is 2.29. The Labute approximate surface area is 154 Å². The van der Waals surface area contributed by atoms with Gasteiger partial charge in [-0.3, -0.25) is 4.79 Å². The van der Waals surface area contributed by atoms with Crippen LogP contribution in [0.3, 0.4) is 0 Å². The van der Waals surface area contributed by atoms with Gasteiger partial charge in [0.1, 0.15) is 6.04 Å². The number of carbonyl (C=O) groups is 1. The molecule has 0 saturated heterocycles. The first-order valence-electron chi connectivity index (χ1n) is 8.72. The quantitative estimate of drug-likeness (QED) is 0.603. The summed E-state index contributed by atoms with van der Waals surface area (Å²) in [6, 6.07) is 10.7. The summed E-state index contributed by atoms with van der Waals surface area (Å²) in [7, 11) is 0. The van der Waals surface area contributed by atoms with E-state index in [2.05, 4.69) is 10.1 Å². The molecule has 0 amide bonds. The Morgan fingerprint density at radius 2 is 1.96 bits per heavy atom. The Balaban J connectivity index is 2.03. The first-order valence-corrected chi connectivity index (χ1v) is 8.72. The summed E-state index contributed by atoms with van der Waals surface area (Å²) in [6.45, 7) is 3.50. The number of benzene rings is 1. The molecule has 3 heterocycles. The lowest BCUT2D eigenvalue weighted by Gasteiger charge is -2.11. The van der Waals surface area contributed by atoms with Crippen molar-refractivity contribution < 1.29 is 9.90 Å². The molecule has 7 nitrogen and oxygen atoms in total. The van der Waals surface area contributed by atoms with E-state index in [9.17, 15) is 14.7 Å². The standard InChI is InChI=1S/C20H18N4O3/c1-3-15-17(13-7-5-4-6-8-13)18-21-11-14-16(24(18)22-15)9-10-23(19(14)25)12(2)20(26)27/h4-12H,3H2,1-2H3,(H,26,27)/t12-/m0/s1. The molecule has 0 aliphatic rings. The Morgan fingerprint density at radius 3 is 2.63 bits per heavy atom. The summed E-state index contributed by atoms with van der Waals surface area (Å²) in [5.41, 5.74) is 3.74. The largest absolute Gasteiger partial charge is 0.480 e. The zero-order chi connectivity index (χ0) is 19.1. The van der Waals surface area contributed by atoms with Crippen LogP contribution in [0.4, 0.5) is 0 Å². The minimum absolute atomic E-state index is 0.336. The normalized spacial score (nSPS) is 12.5. The molecule has 0 radical (unpaired) electrons. The lowest BCUT2D eigenvalue weighted by molar-refractivity contribution is -0.140. The average Bonchev–Trinajstić information content (AvgIpc) is 3.07. The molecule has 0 aliphatic carbocycles. The van der Waals surface area contributed by atoms with E-state index in [1.165, 1.54) is 23.9 Å².